The van der Waals surface area contributed by atoms with E-state index in [0.29, 0.717) is 0 Å². The second kappa shape index (κ2) is 7.31. The summed E-state index contributed by atoms with van der Waals surface area (Å²) in [6.07, 6.45) is 2.31. The summed E-state index contributed by atoms with van der Waals surface area (Å²) in [7, 11) is 0. The first-order chi connectivity index (χ1) is 9.98. The summed E-state index contributed by atoms with van der Waals surface area (Å²) < 4.78 is 10.7. The van der Waals surface area contributed by atoms with Gasteiger partial charge in [0.2, 0.25) is 0 Å². The molecule has 2 unspecified atom stereocenters. The maximum atomic E-state index is 12.4. The van der Waals surface area contributed by atoms with Crippen molar-refractivity contribution in [3.05, 3.63) is 0 Å². The van der Waals surface area contributed by atoms with Crippen molar-refractivity contribution in [2.24, 2.45) is 0 Å². The van der Waals surface area contributed by atoms with Crippen molar-refractivity contribution in [1.29, 1.82) is 0 Å². The van der Waals surface area contributed by atoms with Gasteiger partial charge in [-0.05, 0) is 60.9 Å². The van der Waals surface area contributed by atoms with E-state index in [-0.39, 0.29) is 6.04 Å². The molecule has 0 aromatic heterocycles. The molecule has 0 radical (unpaired) electrons. The SMILES string of the molecule is CC(C)(C)OC(=O)NC(C(=O)OC(C)(C)C)C1CCCCN1. The Bertz CT molecular complexity index is 390. The van der Waals surface area contributed by atoms with Crippen LogP contribution in [0.5, 0.6) is 0 Å². The zero-order chi connectivity index (χ0) is 17.0. The third kappa shape index (κ3) is 7.11. The predicted molar refractivity (Wildman–Crippen MR) is 84.6 cm³/mol. The normalized spacial score (nSPS) is 20.9. The Morgan fingerprint density at radius 1 is 1.05 bits per heavy atom. The third-order valence-electron chi connectivity index (χ3n) is 3.08. The van der Waals surface area contributed by atoms with Crippen molar-refractivity contribution in [3.8, 4) is 0 Å². The Hall–Kier alpha value is -1.30. The Kier molecular flexibility index (Phi) is 6.23. The Balaban J connectivity index is 2.77. The molecule has 0 bridgehead atoms. The fourth-order valence-corrected chi connectivity index (χ4v) is 2.29. The summed E-state index contributed by atoms with van der Waals surface area (Å²) in [5.74, 6) is -0.433. The molecule has 1 saturated heterocycles. The summed E-state index contributed by atoms with van der Waals surface area (Å²) in [5, 5.41) is 5.95. The van der Waals surface area contributed by atoms with Gasteiger partial charge >= 0.3 is 12.1 Å². The number of rotatable bonds is 3. The van der Waals surface area contributed by atoms with Crippen LogP contribution in [0.25, 0.3) is 0 Å². The molecule has 2 atom stereocenters. The van der Waals surface area contributed by atoms with E-state index in [4.69, 9.17) is 9.47 Å². The average molecular weight is 314 g/mol. The van der Waals surface area contributed by atoms with Crippen molar-refractivity contribution in [2.45, 2.75) is 84.1 Å². The lowest BCUT2D eigenvalue weighted by molar-refractivity contribution is -0.158. The first-order valence-corrected chi connectivity index (χ1v) is 7.94. The standard InChI is InChI=1S/C16H30N2O4/c1-15(2,3)21-13(19)12(11-9-7-8-10-17-11)18-14(20)22-16(4,5)6/h11-12,17H,7-10H2,1-6H3,(H,18,20). The lowest BCUT2D eigenvalue weighted by Gasteiger charge is -2.33. The lowest BCUT2D eigenvalue weighted by atomic mass is 9.98. The Morgan fingerprint density at radius 2 is 1.64 bits per heavy atom. The molecule has 2 N–H and O–H groups in total. The molecule has 0 spiro atoms. The molecule has 6 nitrogen and oxygen atoms in total. The molecule has 22 heavy (non-hydrogen) atoms. The van der Waals surface area contributed by atoms with E-state index < -0.39 is 29.3 Å². The first-order valence-electron chi connectivity index (χ1n) is 7.94. The van der Waals surface area contributed by atoms with Crippen LogP contribution in [-0.2, 0) is 14.3 Å². The minimum absolute atomic E-state index is 0.129. The third-order valence-corrected chi connectivity index (χ3v) is 3.08. The van der Waals surface area contributed by atoms with Gasteiger partial charge in [0.25, 0.3) is 0 Å². The number of piperidine rings is 1. The molecule has 0 aromatic carbocycles. The minimum Gasteiger partial charge on any atom is -0.458 e. The summed E-state index contributed by atoms with van der Waals surface area (Å²) in [4.78, 5) is 24.4. The van der Waals surface area contributed by atoms with Crippen molar-refractivity contribution in [3.63, 3.8) is 0 Å². The van der Waals surface area contributed by atoms with E-state index in [0.717, 1.165) is 25.8 Å². The van der Waals surface area contributed by atoms with E-state index in [1.54, 1.807) is 20.8 Å². The highest BCUT2D eigenvalue weighted by molar-refractivity contribution is 5.82. The Morgan fingerprint density at radius 3 is 2.09 bits per heavy atom. The maximum absolute atomic E-state index is 12.4. The highest BCUT2D eigenvalue weighted by atomic mass is 16.6. The molecule has 1 fully saturated rings. The van der Waals surface area contributed by atoms with Gasteiger partial charge in [-0.2, -0.15) is 0 Å². The van der Waals surface area contributed by atoms with Crippen molar-refractivity contribution >= 4 is 12.1 Å². The van der Waals surface area contributed by atoms with Gasteiger partial charge in [0, 0.05) is 6.04 Å². The van der Waals surface area contributed by atoms with E-state index in [2.05, 4.69) is 10.6 Å². The van der Waals surface area contributed by atoms with Crippen LogP contribution in [0.2, 0.25) is 0 Å². The predicted octanol–water partition coefficient (Wildman–Crippen LogP) is 2.36. The number of carbonyl (C=O) groups is 2. The molecule has 1 amide bonds. The summed E-state index contributed by atoms with van der Waals surface area (Å²) in [5.41, 5.74) is -1.21. The number of amides is 1. The summed E-state index contributed by atoms with van der Waals surface area (Å²) >= 11 is 0. The molecule has 128 valence electrons. The quantitative estimate of drug-likeness (QED) is 0.782. The van der Waals surface area contributed by atoms with E-state index in [9.17, 15) is 9.59 Å². The van der Waals surface area contributed by atoms with Crippen LogP contribution in [0.4, 0.5) is 4.79 Å². The van der Waals surface area contributed by atoms with Gasteiger partial charge < -0.3 is 20.1 Å². The van der Waals surface area contributed by atoms with Crippen LogP contribution in [-0.4, -0.2) is 41.9 Å². The topological polar surface area (TPSA) is 76.7 Å². The number of alkyl carbamates (subject to hydrolysis) is 1. The van der Waals surface area contributed by atoms with E-state index in [1.807, 2.05) is 20.8 Å². The van der Waals surface area contributed by atoms with Crippen molar-refractivity contribution in [1.82, 2.24) is 10.6 Å². The molecule has 1 heterocycles. The number of ether oxygens (including phenoxy) is 2. The molecular weight excluding hydrogens is 284 g/mol. The molecule has 0 saturated carbocycles. The smallest absolute Gasteiger partial charge is 0.408 e. The molecule has 1 aliphatic heterocycles. The Labute approximate surface area is 133 Å². The zero-order valence-corrected chi connectivity index (χ0v) is 14.6. The molecule has 6 heteroatoms. The number of hydrogen-bond acceptors (Lipinski definition) is 5. The second-order valence-electron chi connectivity index (χ2n) is 7.71. The van der Waals surface area contributed by atoms with Gasteiger partial charge in [-0.25, -0.2) is 9.59 Å². The van der Waals surface area contributed by atoms with Gasteiger partial charge in [-0.1, -0.05) is 6.42 Å². The van der Waals surface area contributed by atoms with Crippen molar-refractivity contribution < 1.29 is 19.1 Å². The van der Waals surface area contributed by atoms with Gasteiger partial charge in [0.05, 0.1) is 0 Å². The van der Waals surface area contributed by atoms with Crippen LogP contribution in [0, 0.1) is 0 Å². The minimum atomic E-state index is -0.741. The fraction of sp³-hybridized carbons (Fsp3) is 0.875. The number of carbonyl (C=O) groups excluding carboxylic acids is 2. The highest BCUT2D eigenvalue weighted by Gasteiger charge is 2.35. The second-order valence-corrected chi connectivity index (χ2v) is 7.71. The van der Waals surface area contributed by atoms with Crippen molar-refractivity contribution in [2.75, 3.05) is 6.54 Å². The highest BCUT2D eigenvalue weighted by Crippen LogP contribution is 2.16. The van der Waals surface area contributed by atoms with Crippen LogP contribution in [0.1, 0.15) is 60.8 Å². The first kappa shape index (κ1) is 18.7. The molecule has 0 aliphatic carbocycles. The number of nitrogens with one attached hydrogen (secondary N) is 2. The fourth-order valence-electron chi connectivity index (χ4n) is 2.29. The van der Waals surface area contributed by atoms with Gasteiger partial charge in [-0.3, -0.25) is 0 Å². The van der Waals surface area contributed by atoms with Gasteiger partial charge in [-0.15, -0.1) is 0 Å². The van der Waals surface area contributed by atoms with E-state index in [1.165, 1.54) is 0 Å². The number of hydrogen-bond donors (Lipinski definition) is 2. The largest absolute Gasteiger partial charge is 0.458 e. The van der Waals surface area contributed by atoms with Crippen LogP contribution in [0.3, 0.4) is 0 Å². The van der Waals surface area contributed by atoms with E-state index >= 15 is 0 Å². The van der Waals surface area contributed by atoms with Gasteiger partial charge in [0.1, 0.15) is 17.2 Å². The number of esters is 1. The maximum Gasteiger partial charge on any atom is 0.408 e. The molecule has 1 aliphatic rings. The summed E-state index contributed by atoms with van der Waals surface area (Å²) in [6.45, 7) is 11.6. The van der Waals surface area contributed by atoms with Crippen LogP contribution < -0.4 is 10.6 Å². The molecular formula is C16H30N2O4. The van der Waals surface area contributed by atoms with Gasteiger partial charge in [0.15, 0.2) is 0 Å². The summed E-state index contributed by atoms with van der Waals surface area (Å²) in [6, 6.07) is -0.870. The molecule has 0 aromatic rings. The zero-order valence-electron chi connectivity index (χ0n) is 14.6. The lowest BCUT2D eigenvalue weighted by Crippen LogP contribution is -2.57. The average Bonchev–Trinajstić information content (AvgIpc) is 2.32. The van der Waals surface area contributed by atoms with Crippen LogP contribution >= 0.6 is 0 Å². The molecule has 1 rings (SSSR count). The monoisotopic (exact) mass is 314 g/mol. The van der Waals surface area contributed by atoms with Crippen LogP contribution in [0.15, 0.2) is 0 Å².